The molecular formula is C19H16FN5. The summed E-state index contributed by atoms with van der Waals surface area (Å²) in [6.07, 6.45) is 9.22. The van der Waals surface area contributed by atoms with Crippen LogP contribution in [0.2, 0.25) is 0 Å². The molecule has 0 spiro atoms. The first kappa shape index (κ1) is 15.3. The summed E-state index contributed by atoms with van der Waals surface area (Å²) in [5.41, 5.74) is 3.98. The number of aromatic nitrogens is 4. The van der Waals surface area contributed by atoms with Crippen molar-refractivity contribution in [2.45, 2.75) is 13.0 Å². The van der Waals surface area contributed by atoms with Crippen LogP contribution >= 0.6 is 0 Å². The Morgan fingerprint density at radius 1 is 1.04 bits per heavy atom. The number of hydrogen-bond donors (Lipinski definition) is 2. The minimum absolute atomic E-state index is 0.337. The average molecular weight is 333 g/mol. The Labute approximate surface area is 144 Å². The predicted molar refractivity (Wildman–Crippen MR) is 94.7 cm³/mol. The van der Waals surface area contributed by atoms with Gasteiger partial charge < -0.3 is 10.3 Å². The smallest absolute Gasteiger partial charge is 0.141 e. The summed E-state index contributed by atoms with van der Waals surface area (Å²) in [5, 5.41) is 4.30. The molecular weight excluding hydrogens is 317 g/mol. The van der Waals surface area contributed by atoms with Crippen LogP contribution in [0.15, 0.2) is 61.3 Å². The van der Waals surface area contributed by atoms with Crippen molar-refractivity contribution in [2.24, 2.45) is 0 Å². The van der Waals surface area contributed by atoms with Crippen LogP contribution in [0.1, 0.15) is 16.7 Å². The highest BCUT2D eigenvalue weighted by molar-refractivity contribution is 5.79. The molecule has 4 aromatic heterocycles. The summed E-state index contributed by atoms with van der Waals surface area (Å²) in [6.45, 7) is 0.477. The lowest BCUT2D eigenvalue weighted by Gasteiger charge is -2.06. The minimum atomic E-state index is -0.337. The molecule has 6 heteroatoms. The zero-order valence-corrected chi connectivity index (χ0v) is 13.4. The van der Waals surface area contributed by atoms with Gasteiger partial charge in [-0.05, 0) is 41.0 Å². The molecule has 0 radical (unpaired) electrons. The van der Waals surface area contributed by atoms with E-state index in [9.17, 15) is 4.39 Å². The van der Waals surface area contributed by atoms with E-state index in [0.29, 0.717) is 6.54 Å². The number of rotatable bonds is 5. The van der Waals surface area contributed by atoms with Crippen LogP contribution < -0.4 is 5.32 Å². The second kappa shape index (κ2) is 6.68. The minimum Gasteiger partial charge on any atom is -0.366 e. The fourth-order valence-electron chi connectivity index (χ4n) is 2.76. The molecule has 0 amide bonds. The van der Waals surface area contributed by atoms with Crippen molar-refractivity contribution >= 4 is 16.9 Å². The third-order valence-corrected chi connectivity index (χ3v) is 3.99. The Hall–Kier alpha value is -3.28. The molecule has 4 heterocycles. The molecule has 0 saturated carbocycles. The molecule has 0 bridgehead atoms. The van der Waals surface area contributed by atoms with Crippen molar-refractivity contribution in [3.05, 3.63) is 83.8 Å². The van der Waals surface area contributed by atoms with E-state index in [4.69, 9.17) is 0 Å². The maximum atomic E-state index is 13.1. The Morgan fingerprint density at radius 2 is 2.00 bits per heavy atom. The molecule has 0 unspecified atom stereocenters. The van der Waals surface area contributed by atoms with Crippen molar-refractivity contribution < 1.29 is 4.39 Å². The van der Waals surface area contributed by atoms with Crippen molar-refractivity contribution in [3.8, 4) is 0 Å². The summed E-state index contributed by atoms with van der Waals surface area (Å²) in [6, 6.07) is 9.42. The van der Waals surface area contributed by atoms with Gasteiger partial charge in [-0.15, -0.1) is 0 Å². The zero-order valence-electron chi connectivity index (χ0n) is 13.4. The van der Waals surface area contributed by atoms with Gasteiger partial charge in [0, 0.05) is 43.1 Å². The van der Waals surface area contributed by atoms with Gasteiger partial charge in [-0.3, -0.25) is 4.98 Å². The van der Waals surface area contributed by atoms with Crippen molar-refractivity contribution in [1.29, 1.82) is 0 Å². The molecule has 0 aliphatic heterocycles. The maximum Gasteiger partial charge on any atom is 0.141 e. The molecule has 0 aliphatic carbocycles. The fourth-order valence-corrected chi connectivity index (χ4v) is 2.76. The van der Waals surface area contributed by atoms with Crippen molar-refractivity contribution in [2.75, 3.05) is 5.32 Å². The largest absolute Gasteiger partial charge is 0.366 e. The summed E-state index contributed by atoms with van der Waals surface area (Å²) in [4.78, 5) is 15.7. The van der Waals surface area contributed by atoms with Crippen LogP contribution in [-0.4, -0.2) is 19.9 Å². The van der Waals surface area contributed by atoms with Crippen LogP contribution in [0.25, 0.3) is 11.0 Å². The molecule has 4 rings (SSSR count). The molecule has 124 valence electrons. The topological polar surface area (TPSA) is 66.5 Å². The van der Waals surface area contributed by atoms with Crippen LogP contribution in [0.5, 0.6) is 0 Å². The number of aromatic amines is 1. The molecule has 0 fully saturated rings. The standard InChI is InChI=1S/C19H16FN5/c20-16-7-14(8-21-12-16)10-24-18-4-3-13(9-23-18)6-15-11-25-19-17(15)2-1-5-22-19/h1-5,7-9,11-12H,6,10H2,(H,22,25)(H,23,24). The number of pyridine rings is 3. The van der Waals surface area contributed by atoms with E-state index in [-0.39, 0.29) is 5.82 Å². The number of hydrogen-bond acceptors (Lipinski definition) is 4. The maximum absolute atomic E-state index is 13.1. The van der Waals surface area contributed by atoms with E-state index in [1.807, 2.05) is 30.6 Å². The lowest BCUT2D eigenvalue weighted by Crippen LogP contribution is -2.02. The molecule has 0 saturated heterocycles. The first-order chi connectivity index (χ1) is 12.3. The second-order valence-electron chi connectivity index (χ2n) is 5.81. The Balaban J connectivity index is 1.43. The van der Waals surface area contributed by atoms with E-state index in [1.165, 1.54) is 17.8 Å². The second-order valence-corrected chi connectivity index (χ2v) is 5.81. The normalized spacial score (nSPS) is 10.9. The van der Waals surface area contributed by atoms with Gasteiger partial charge >= 0.3 is 0 Å². The van der Waals surface area contributed by atoms with Gasteiger partial charge in [-0.25, -0.2) is 14.4 Å². The summed E-state index contributed by atoms with van der Waals surface area (Å²) < 4.78 is 13.1. The quantitative estimate of drug-likeness (QED) is 0.584. The number of halogens is 1. The average Bonchev–Trinajstić information content (AvgIpc) is 3.04. The monoisotopic (exact) mass is 333 g/mol. The van der Waals surface area contributed by atoms with Gasteiger partial charge in [0.2, 0.25) is 0 Å². The molecule has 0 aliphatic rings. The van der Waals surface area contributed by atoms with E-state index < -0.39 is 0 Å². The third kappa shape index (κ3) is 3.47. The molecule has 0 aromatic carbocycles. The molecule has 4 aromatic rings. The summed E-state index contributed by atoms with van der Waals surface area (Å²) in [5.74, 6) is 0.407. The number of H-pyrrole nitrogens is 1. The van der Waals surface area contributed by atoms with Crippen LogP contribution in [0.3, 0.4) is 0 Å². The Kier molecular flexibility index (Phi) is 4.08. The number of anilines is 1. The fraction of sp³-hybridized carbons (Fsp3) is 0.105. The Bertz CT molecular complexity index is 994. The van der Waals surface area contributed by atoms with E-state index in [2.05, 4.69) is 31.3 Å². The first-order valence-electron chi connectivity index (χ1n) is 7.97. The molecule has 2 N–H and O–H groups in total. The van der Waals surface area contributed by atoms with Gasteiger partial charge in [0.05, 0.1) is 6.20 Å². The van der Waals surface area contributed by atoms with Gasteiger partial charge in [-0.1, -0.05) is 6.07 Å². The van der Waals surface area contributed by atoms with E-state index >= 15 is 0 Å². The van der Waals surface area contributed by atoms with Crippen molar-refractivity contribution in [1.82, 2.24) is 19.9 Å². The highest BCUT2D eigenvalue weighted by atomic mass is 19.1. The lowest BCUT2D eigenvalue weighted by atomic mass is 10.1. The molecule has 0 atom stereocenters. The zero-order chi connectivity index (χ0) is 17.1. The van der Waals surface area contributed by atoms with Crippen LogP contribution in [0.4, 0.5) is 10.2 Å². The SMILES string of the molecule is Fc1cncc(CNc2ccc(Cc3c[nH]c4ncccc34)cn2)c1. The lowest BCUT2D eigenvalue weighted by molar-refractivity contribution is 0.619. The van der Waals surface area contributed by atoms with Crippen molar-refractivity contribution in [3.63, 3.8) is 0 Å². The summed E-state index contributed by atoms with van der Waals surface area (Å²) in [7, 11) is 0. The van der Waals surface area contributed by atoms with Gasteiger partial charge in [-0.2, -0.15) is 0 Å². The number of nitrogens with zero attached hydrogens (tertiary/aromatic N) is 3. The third-order valence-electron chi connectivity index (χ3n) is 3.99. The molecule has 25 heavy (non-hydrogen) atoms. The van der Waals surface area contributed by atoms with Crippen LogP contribution in [0, 0.1) is 5.82 Å². The van der Waals surface area contributed by atoms with E-state index in [1.54, 1.807) is 12.4 Å². The van der Waals surface area contributed by atoms with Gasteiger partial charge in [0.15, 0.2) is 0 Å². The number of fused-ring (bicyclic) bond motifs is 1. The van der Waals surface area contributed by atoms with Gasteiger partial charge in [0.25, 0.3) is 0 Å². The highest BCUT2D eigenvalue weighted by Gasteiger charge is 2.05. The first-order valence-corrected chi connectivity index (χ1v) is 7.97. The molecule has 5 nitrogen and oxygen atoms in total. The summed E-state index contributed by atoms with van der Waals surface area (Å²) >= 11 is 0. The van der Waals surface area contributed by atoms with Gasteiger partial charge in [0.1, 0.15) is 17.3 Å². The number of nitrogens with one attached hydrogen (secondary N) is 2. The van der Waals surface area contributed by atoms with E-state index in [0.717, 1.165) is 34.4 Å². The Morgan fingerprint density at radius 3 is 2.84 bits per heavy atom. The van der Waals surface area contributed by atoms with Crippen LogP contribution in [-0.2, 0) is 13.0 Å². The highest BCUT2D eigenvalue weighted by Crippen LogP contribution is 2.19. The predicted octanol–water partition coefficient (Wildman–Crippen LogP) is 3.69.